The lowest BCUT2D eigenvalue weighted by atomic mass is 9.71. The highest BCUT2D eigenvalue weighted by Gasteiger charge is 2.30. The molecule has 0 saturated carbocycles. The number of allylic oxidation sites excluding steroid dienone is 6. The van der Waals surface area contributed by atoms with Gasteiger partial charge in [-0.25, -0.2) is 4.39 Å². The Bertz CT molecular complexity index is 1120. The van der Waals surface area contributed by atoms with Crippen LogP contribution in [0.2, 0.25) is 0 Å². The van der Waals surface area contributed by atoms with E-state index in [4.69, 9.17) is 0 Å². The van der Waals surface area contributed by atoms with E-state index >= 15 is 0 Å². The molecule has 0 heterocycles. The summed E-state index contributed by atoms with van der Waals surface area (Å²) in [6.45, 7) is 0. The van der Waals surface area contributed by atoms with E-state index in [1.165, 1.54) is 12.1 Å². The van der Waals surface area contributed by atoms with Crippen molar-refractivity contribution >= 4 is 11.4 Å². The van der Waals surface area contributed by atoms with Gasteiger partial charge >= 0.3 is 0 Å². The van der Waals surface area contributed by atoms with Gasteiger partial charge in [0.05, 0.1) is 0 Å². The first kappa shape index (κ1) is 19.6. The lowest BCUT2D eigenvalue weighted by Crippen LogP contribution is -2.23. The van der Waals surface area contributed by atoms with E-state index in [0.29, 0.717) is 12.0 Å². The van der Waals surface area contributed by atoms with Crippen molar-refractivity contribution in [3.05, 3.63) is 132 Å². The van der Waals surface area contributed by atoms with Crippen molar-refractivity contribution in [2.24, 2.45) is 0 Å². The van der Waals surface area contributed by atoms with E-state index < -0.39 is 5.41 Å². The highest BCUT2D eigenvalue weighted by molar-refractivity contribution is 6.04. The maximum Gasteiger partial charge on any atom is 0.185 e. The van der Waals surface area contributed by atoms with Gasteiger partial charge in [-0.3, -0.25) is 4.79 Å². The van der Waals surface area contributed by atoms with Crippen LogP contribution in [-0.2, 0) is 5.41 Å². The number of benzene rings is 3. The molecule has 0 spiro atoms. The molecule has 1 N–H and O–H groups in total. The molecule has 1 aliphatic rings. The number of phenols is 1. The highest BCUT2D eigenvalue weighted by atomic mass is 19.1. The lowest BCUT2D eigenvalue weighted by molar-refractivity contribution is 0.104. The molecule has 0 aromatic heterocycles. The lowest BCUT2D eigenvalue weighted by Gasteiger charge is -2.32. The Labute approximate surface area is 175 Å². The zero-order valence-electron chi connectivity index (χ0n) is 16.3. The largest absolute Gasteiger partial charge is 0.508 e. The SMILES string of the molecule is O=C(C=CC1(c2ccc(O)cc2)C=CC=C(c2ccc(F)cc2)C1)c1ccccc1. The van der Waals surface area contributed by atoms with E-state index in [-0.39, 0.29) is 17.3 Å². The third kappa shape index (κ3) is 4.15. The molecule has 30 heavy (non-hydrogen) atoms. The number of halogens is 1. The molecule has 0 fully saturated rings. The fourth-order valence-electron chi connectivity index (χ4n) is 3.73. The normalized spacial score (nSPS) is 18.4. The molecule has 2 nitrogen and oxygen atoms in total. The Balaban J connectivity index is 1.72. The predicted octanol–water partition coefficient (Wildman–Crippen LogP) is 6.25. The maximum absolute atomic E-state index is 13.4. The molecule has 4 rings (SSSR count). The summed E-state index contributed by atoms with van der Waals surface area (Å²) in [6.07, 6.45) is 10.2. The molecule has 0 saturated heterocycles. The molecule has 0 radical (unpaired) electrons. The molecule has 3 aromatic rings. The summed E-state index contributed by atoms with van der Waals surface area (Å²) in [5.74, 6) is -0.156. The molecule has 3 heteroatoms. The van der Waals surface area contributed by atoms with Crippen LogP contribution in [-0.4, -0.2) is 10.9 Å². The van der Waals surface area contributed by atoms with Gasteiger partial charge in [-0.1, -0.05) is 78.9 Å². The topological polar surface area (TPSA) is 37.3 Å². The molecule has 1 aliphatic carbocycles. The Morgan fingerprint density at radius 3 is 2.33 bits per heavy atom. The smallest absolute Gasteiger partial charge is 0.185 e. The van der Waals surface area contributed by atoms with Crippen LogP contribution in [0.3, 0.4) is 0 Å². The van der Waals surface area contributed by atoms with Crippen molar-refractivity contribution < 1.29 is 14.3 Å². The molecular weight excluding hydrogens is 375 g/mol. The summed E-state index contributed by atoms with van der Waals surface area (Å²) < 4.78 is 13.4. The third-order valence-electron chi connectivity index (χ3n) is 5.38. The number of phenolic OH excluding ortho intramolecular Hbond substituents is 1. The number of rotatable bonds is 5. The van der Waals surface area contributed by atoms with E-state index in [2.05, 4.69) is 6.08 Å². The molecule has 0 bridgehead atoms. The fourth-order valence-corrected chi connectivity index (χ4v) is 3.73. The summed E-state index contributed by atoms with van der Waals surface area (Å²) in [7, 11) is 0. The third-order valence-corrected chi connectivity index (χ3v) is 5.38. The summed E-state index contributed by atoms with van der Waals surface area (Å²) in [5, 5.41) is 9.72. The van der Waals surface area contributed by atoms with Crippen LogP contribution in [0, 0.1) is 5.82 Å². The molecular formula is C27H21FO2. The minimum Gasteiger partial charge on any atom is -0.508 e. The van der Waals surface area contributed by atoms with Gasteiger partial charge in [-0.05, 0) is 53.5 Å². The Kier molecular flexibility index (Phi) is 5.44. The summed E-state index contributed by atoms with van der Waals surface area (Å²) in [5.41, 5.74) is 3.01. The molecule has 0 aliphatic heterocycles. The average molecular weight is 396 g/mol. The van der Waals surface area contributed by atoms with Crippen molar-refractivity contribution in [2.75, 3.05) is 0 Å². The number of aromatic hydroxyl groups is 1. The highest BCUT2D eigenvalue weighted by Crippen LogP contribution is 2.41. The van der Waals surface area contributed by atoms with Crippen molar-refractivity contribution in [3.8, 4) is 5.75 Å². The van der Waals surface area contributed by atoms with E-state index in [1.54, 1.807) is 42.5 Å². The minimum atomic E-state index is -0.559. The van der Waals surface area contributed by atoms with Crippen LogP contribution in [0.15, 0.2) is 109 Å². The van der Waals surface area contributed by atoms with Crippen LogP contribution < -0.4 is 0 Å². The van der Waals surface area contributed by atoms with Gasteiger partial charge in [0.2, 0.25) is 0 Å². The Morgan fingerprint density at radius 2 is 1.63 bits per heavy atom. The standard InChI is InChI=1S/C27H21FO2/c28-24-12-8-20(9-13-24)22-7-4-17-27(19-22,23-10-14-25(29)15-11-23)18-16-26(30)21-5-2-1-3-6-21/h1-18,29H,19H2. The predicted molar refractivity (Wildman–Crippen MR) is 118 cm³/mol. The van der Waals surface area contributed by atoms with Gasteiger partial charge < -0.3 is 5.11 Å². The minimum absolute atomic E-state index is 0.0694. The number of hydrogen-bond donors (Lipinski definition) is 1. The van der Waals surface area contributed by atoms with Crippen LogP contribution in [0.1, 0.15) is 27.9 Å². The van der Waals surface area contributed by atoms with Crippen molar-refractivity contribution in [2.45, 2.75) is 11.8 Å². The number of hydrogen-bond acceptors (Lipinski definition) is 2. The van der Waals surface area contributed by atoms with Crippen molar-refractivity contribution in [1.29, 1.82) is 0 Å². The molecule has 148 valence electrons. The van der Waals surface area contributed by atoms with Crippen LogP contribution in [0.4, 0.5) is 4.39 Å². The Hall–Kier alpha value is -3.72. The molecule has 0 amide bonds. The van der Waals surface area contributed by atoms with Gasteiger partial charge in [0, 0.05) is 11.0 Å². The number of carbonyl (C=O) groups excluding carboxylic acids is 1. The van der Waals surface area contributed by atoms with E-state index in [1.807, 2.05) is 48.6 Å². The molecule has 1 atom stereocenters. The van der Waals surface area contributed by atoms with Crippen molar-refractivity contribution in [3.63, 3.8) is 0 Å². The van der Waals surface area contributed by atoms with Gasteiger partial charge in [0.15, 0.2) is 5.78 Å². The van der Waals surface area contributed by atoms with E-state index in [0.717, 1.165) is 16.7 Å². The second-order valence-corrected chi connectivity index (χ2v) is 7.39. The van der Waals surface area contributed by atoms with Gasteiger partial charge in [-0.15, -0.1) is 0 Å². The first-order chi connectivity index (χ1) is 14.6. The maximum atomic E-state index is 13.4. The summed E-state index contributed by atoms with van der Waals surface area (Å²) >= 11 is 0. The van der Waals surface area contributed by atoms with Crippen molar-refractivity contribution in [1.82, 2.24) is 0 Å². The Morgan fingerprint density at radius 1 is 0.933 bits per heavy atom. The zero-order chi connectivity index (χ0) is 21.0. The van der Waals surface area contributed by atoms with Gasteiger partial charge in [0.25, 0.3) is 0 Å². The van der Waals surface area contributed by atoms with Gasteiger partial charge in [0.1, 0.15) is 11.6 Å². The second kappa shape index (κ2) is 8.34. The summed E-state index contributed by atoms with van der Waals surface area (Å²) in [4.78, 5) is 12.7. The zero-order valence-corrected chi connectivity index (χ0v) is 16.3. The first-order valence-corrected chi connectivity index (χ1v) is 9.78. The first-order valence-electron chi connectivity index (χ1n) is 9.78. The second-order valence-electron chi connectivity index (χ2n) is 7.39. The van der Waals surface area contributed by atoms with E-state index in [9.17, 15) is 14.3 Å². The fraction of sp³-hybridized carbons (Fsp3) is 0.0741. The molecule has 3 aromatic carbocycles. The van der Waals surface area contributed by atoms with Crippen LogP contribution >= 0.6 is 0 Å². The molecule has 1 unspecified atom stereocenters. The average Bonchev–Trinajstić information content (AvgIpc) is 2.79. The van der Waals surface area contributed by atoms with Crippen LogP contribution in [0.5, 0.6) is 5.75 Å². The number of ketones is 1. The van der Waals surface area contributed by atoms with Gasteiger partial charge in [-0.2, -0.15) is 0 Å². The number of carbonyl (C=O) groups is 1. The quantitative estimate of drug-likeness (QED) is 0.409. The summed E-state index contributed by atoms with van der Waals surface area (Å²) in [6, 6.07) is 22.6. The monoisotopic (exact) mass is 396 g/mol. The van der Waals surface area contributed by atoms with Crippen LogP contribution in [0.25, 0.3) is 5.57 Å².